The van der Waals surface area contributed by atoms with E-state index in [1.165, 1.54) is 33.0 Å². The first kappa shape index (κ1) is 13.4. The Hall–Kier alpha value is -0.646. The highest BCUT2D eigenvalue weighted by Gasteiger charge is 2.07. The minimum atomic E-state index is -0.442. The second kappa shape index (κ2) is 5.61. The van der Waals surface area contributed by atoms with Crippen LogP contribution in [-0.4, -0.2) is 20.2 Å². The summed E-state index contributed by atoms with van der Waals surface area (Å²) in [7, 11) is 0.426. The van der Waals surface area contributed by atoms with Gasteiger partial charge >= 0.3 is 0 Å². The van der Waals surface area contributed by atoms with Gasteiger partial charge in [0, 0.05) is 0 Å². The van der Waals surface area contributed by atoms with E-state index in [4.69, 9.17) is 4.12 Å². The van der Waals surface area contributed by atoms with E-state index in [0.717, 1.165) is 10.5 Å². The van der Waals surface area contributed by atoms with Gasteiger partial charge in [-0.05, 0) is 62.4 Å². The fraction of sp³-hybridized carbons (Fsp3) is 0.385. The first-order chi connectivity index (χ1) is 7.49. The predicted octanol–water partition coefficient (Wildman–Crippen LogP) is 1.74. The van der Waals surface area contributed by atoms with Crippen LogP contribution in [0.5, 0.6) is 0 Å². The summed E-state index contributed by atoms with van der Waals surface area (Å²) in [6.45, 7) is 11.0. The molecule has 0 aliphatic carbocycles. The smallest absolute Gasteiger partial charge is 0.174 e. The number of aryl methyl sites for hydroxylation is 1. The Morgan fingerprint density at radius 3 is 2.31 bits per heavy atom. The van der Waals surface area contributed by atoms with Crippen molar-refractivity contribution < 1.29 is 4.12 Å². The normalized spacial score (nSPS) is 13.6. The van der Waals surface area contributed by atoms with Gasteiger partial charge in [0.05, 0.1) is 0 Å². The quantitative estimate of drug-likeness (QED) is 0.743. The van der Waals surface area contributed by atoms with Crippen LogP contribution in [0.15, 0.2) is 17.3 Å². The first-order valence-corrected chi connectivity index (χ1v) is 7.81. The van der Waals surface area contributed by atoms with Crippen LogP contribution in [0.3, 0.4) is 0 Å². The number of hydrogen-bond acceptors (Lipinski definition) is 1. The summed E-state index contributed by atoms with van der Waals surface area (Å²) in [5, 5.41) is 1.47. The summed E-state index contributed by atoms with van der Waals surface area (Å²) in [5.74, 6) is 0. The van der Waals surface area contributed by atoms with Crippen molar-refractivity contribution in [3.05, 3.63) is 39.6 Å². The van der Waals surface area contributed by atoms with Crippen LogP contribution in [0.2, 0.25) is 0 Å². The van der Waals surface area contributed by atoms with Crippen LogP contribution < -0.4 is 0 Å². The molecule has 1 nitrogen and oxygen atoms in total. The van der Waals surface area contributed by atoms with Crippen molar-refractivity contribution >= 4 is 25.8 Å². The lowest BCUT2D eigenvalue weighted by Gasteiger charge is -2.14. The largest absolute Gasteiger partial charge is 0.465 e. The van der Waals surface area contributed by atoms with Gasteiger partial charge in [0.1, 0.15) is 10.5 Å². The molecule has 0 aliphatic rings. The molecule has 3 heteroatoms. The highest BCUT2D eigenvalue weighted by molar-refractivity contribution is 6.44. The first-order valence-electron chi connectivity index (χ1n) is 5.71. The monoisotopic (exact) mass is 250 g/mol. The Bertz CT molecular complexity index is 422. The summed E-state index contributed by atoms with van der Waals surface area (Å²) in [5.41, 5.74) is 7.02. The minimum Gasteiger partial charge on any atom is -0.465 e. The molecule has 0 radical (unpaired) electrons. The third kappa shape index (κ3) is 2.72. The molecule has 16 heavy (non-hydrogen) atoms. The summed E-state index contributed by atoms with van der Waals surface area (Å²) < 4.78 is 5.46. The molecule has 1 aromatic carbocycles. The number of allylic oxidation sites excluding steroid dienone is 2. The molecule has 1 rings (SSSR count). The zero-order valence-corrected chi connectivity index (χ0v) is 14.7. The van der Waals surface area contributed by atoms with E-state index < -0.39 is 9.76 Å². The molecular formula is C13H22OSi2. The van der Waals surface area contributed by atoms with Crippen LogP contribution in [0.1, 0.15) is 36.1 Å². The van der Waals surface area contributed by atoms with Gasteiger partial charge in [-0.3, -0.25) is 0 Å². The standard InChI is InChI=1S/C13H22OSi2/c1-8-6-7-13(10(3)9(8)2)11(4)12(5)16-14-15/h6-7H,16H2,1-5,15H3. The van der Waals surface area contributed by atoms with E-state index in [2.05, 4.69) is 46.8 Å². The second-order valence-corrected chi connectivity index (χ2v) is 8.18. The number of benzene rings is 1. The Morgan fingerprint density at radius 2 is 1.75 bits per heavy atom. The molecule has 1 aromatic rings. The van der Waals surface area contributed by atoms with Gasteiger partial charge in [0.15, 0.2) is 9.76 Å². The summed E-state index contributed by atoms with van der Waals surface area (Å²) in [6.07, 6.45) is 0. The van der Waals surface area contributed by atoms with Gasteiger partial charge in [-0.15, -0.1) is 0 Å². The van der Waals surface area contributed by atoms with Crippen LogP contribution in [-0.2, 0) is 4.12 Å². The molecule has 0 N–H and O–H groups in total. The molecule has 0 atom stereocenters. The van der Waals surface area contributed by atoms with E-state index in [1.54, 1.807) is 0 Å². The molecule has 0 saturated heterocycles. The van der Waals surface area contributed by atoms with Crippen molar-refractivity contribution in [2.45, 2.75) is 34.6 Å². The minimum absolute atomic E-state index is 0.442. The second-order valence-electron chi connectivity index (χ2n) is 4.52. The molecule has 0 amide bonds. The van der Waals surface area contributed by atoms with Gasteiger partial charge in [0.25, 0.3) is 0 Å². The average Bonchev–Trinajstić information content (AvgIpc) is 2.26. The van der Waals surface area contributed by atoms with Crippen LogP contribution >= 0.6 is 0 Å². The van der Waals surface area contributed by atoms with Crippen LogP contribution in [0.4, 0.5) is 0 Å². The molecule has 0 fully saturated rings. The summed E-state index contributed by atoms with van der Waals surface area (Å²) in [6, 6.07) is 4.47. The molecule has 0 saturated carbocycles. The predicted molar refractivity (Wildman–Crippen MR) is 78.5 cm³/mol. The highest BCUT2D eigenvalue weighted by Crippen LogP contribution is 2.25. The van der Waals surface area contributed by atoms with Crippen molar-refractivity contribution in [3.63, 3.8) is 0 Å². The maximum Gasteiger partial charge on any atom is 0.174 e. The Balaban J connectivity index is 3.24. The molecule has 0 unspecified atom stereocenters. The van der Waals surface area contributed by atoms with E-state index in [9.17, 15) is 0 Å². The zero-order chi connectivity index (χ0) is 12.3. The lowest BCUT2D eigenvalue weighted by molar-refractivity contribution is 0.671. The molecule has 88 valence electrons. The fourth-order valence-corrected chi connectivity index (χ4v) is 4.06. The van der Waals surface area contributed by atoms with E-state index >= 15 is 0 Å². The molecule has 0 heterocycles. The Labute approximate surface area is 104 Å². The van der Waals surface area contributed by atoms with Gasteiger partial charge in [-0.25, -0.2) is 0 Å². The average molecular weight is 250 g/mol. The third-order valence-corrected chi connectivity index (χ3v) is 5.58. The third-order valence-electron chi connectivity index (χ3n) is 3.46. The van der Waals surface area contributed by atoms with Crippen molar-refractivity contribution in [1.29, 1.82) is 0 Å². The molecule has 0 spiro atoms. The van der Waals surface area contributed by atoms with E-state index in [1.807, 2.05) is 0 Å². The highest BCUT2D eigenvalue weighted by atomic mass is 28.3. The SMILES string of the molecule is CC([SiH2]O[SiH3])=C(C)c1ccc(C)c(C)c1C. The fourth-order valence-electron chi connectivity index (χ4n) is 1.92. The summed E-state index contributed by atoms with van der Waals surface area (Å²) >= 11 is 0. The molecule has 0 aromatic heterocycles. The topological polar surface area (TPSA) is 9.23 Å². The van der Waals surface area contributed by atoms with E-state index in [-0.39, 0.29) is 0 Å². The van der Waals surface area contributed by atoms with Gasteiger partial charge in [0.2, 0.25) is 0 Å². The number of rotatable bonds is 3. The number of hydrogen-bond donors (Lipinski definition) is 0. The van der Waals surface area contributed by atoms with Crippen LogP contribution in [0.25, 0.3) is 5.57 Å². The van der Waals surface area contributed by atoms with Crippen LogP contribution in [0, 0.1) is 20.8 Å². The molecular weight excluding hydrogens is 228 g/mol. The Morgan fingerprint density at radius 1 is 1.12 bits per heavy atom. The van der Waals surface area contributed by atoms with Crippen molar-refractivity contribution in [1.82, 2.24) is 0 Å². The van der Waals surface area contributed by atoms with Crippen molar-refractivity contribution in [3.8, 4) is 0 Å². The lowest BCUT2D eigenvalue weighted by Crippen LogP contribution is -2.01. The Kier molecular flexibility index (Phi) is 4.71. The maximum atomic E-state index is 5.46. The lowest BCUT2D eigenvalue weighted by atomic mass is 9.94. The van der Waals surface area contributed by atoms with Gasteiger partial charge < -0.3 is 4.12 Å². The van der Waals surface area contributed by atoms with Crippen molar-refractivity contribution in [2.24, 2.45) is 0 Å². The maximum absolute atomic E-state index is 5.46. The zero-order valence-electron chi connectivity index (χ0n) is 11.3. The van der Waals surface area contributed by atoms with Gasteiger partial charge in [-0.1, -0.05) is 17.3 Å². The molecule has 0 aliphatic heterocycles. The van der Waals surface area contributed by atoms with E-state index in [0.29, 0.717) is 0 Å². The summed E-state index contributed by atoms with van der Waals surface area (Å²) in [4.78, 5) is 0. The van der Waals surface area contributed by atoms with Crippen molar-refractivity contribution in [2.75, 3.05) is 0 Å². The molecule has 0 bridgehead atoms. The van der Waals surface area contributed by atoms with Gasteiger partial charge in [-0.2, -0.15) is 0 Å².